The van der Waals surface area contributed by atoms with E-state index in [1.807, 2.05) is 18.2 Å². The zero-order valence-corrected chi connectivity index (χ0v) is 10.5. The second-order valence-electron chi connectivity index (χ2n) is 5.50. The summed E-state index contributed by atoms with van der Waals surface area (Å²) in [5.41, 5.74) is 5.88. The lowest BCUT2D eigenvalue weighted by Crippen LogP contribution is -2.25. The molecule has 2 aliphatic rings. The molecule has 2 aliphatic carbocycles. The molecular weight excluding hydrogens is 224 g/mol. The van der Waals surface area contributed by atoms with Crippen molar-refractivity contribution in [2.24, 2.45) is 28.5 Å². The van der Waals surface area contributed by atoms with E-state index in [0.29, 0.717) is 5.96 Å². The summed E-state index contributed by atoms with van der Waals surface area (Å²) in [6.45, 7) is 0.868. The summed E-state index contributed by atoms with van der Waals surface area (Å²) in [6.07, 6.45) is 7.36. The van der Waals surface area contributed by atoms with Crippen LogP contribution in [0.5, 0.6) is 0 Å². The minimum absolute atomic E-state index is 0.483. The first-order chi connectivity index (χ1) is 8.81. The number of aromatic nitrogens is 1. The van der Waals surface area contributed by atoms with Gasteiger partial charge in [0.05, 0.1) is 0 Å². The van der Waals surface area contributed by atoms with Crippen molar-refractivity contribution in [2.75, 3.05) is 11.9 Å². The Bertz CT molecular complexity index is 429. The molecule has 18 heavy (non-hydrogen) atoms. The first kappa shape index (κ1) is 11.5. The van der Waals surface area contributed by atoms with Crippen LogP contribution in [0.15, 0.2) is 29.4 Å². The number of hydrogen-bond acceptors (Lipinski definition) is 2. The van der Waals surface area contributed by atoms with Crippen molar-refractivity contribution in [2.45, 2.75) is 25.7 Å². The molecule has 0 radical (unpaired) electrons. The maximum absolute atomic E-state index is 5.88. The molecule has 96 valence electrons. The van der Waals surface area contributed by atoms with Crippen molar-refractivity contribution < 1.29 is 0 Å². The van der Waals surface area contributed by atoms with E-state index in [9.17, 15) is 0 Å². The minimum Gasteiger partial charge on any atom is -0.370 e. The number of guanidine groups is 1. The summed E-state index contributed by atoms with van der Waals surface area (Å²) in [5.74, 6) is 3.87. The second-order valence-corrected chi connectivity index (χ2v) is 5.50. The van der Waals surface area contributed by atoms with Gasteiger partial charge >= 0.3 is 0 Å². The first-order valence-corrected chi connectivity index (χ1v) is 6.79. The number of nitrogens with zero attached hydrogens (tertiary/aromatic N) is 2. The largest absolute Gasteiger partial charge is 0.370 e. The third kappa shape index (κ3) is 2.47. The molecule has 0 aromatic carbocycles. The second kappa shape index (κ2) is 4.96. The van der Waals surface area contributed by atoms with Crippen LogP contribution < -0.4 is 11.1 Å². The summed E-state index contributed by atoms with van der Waals surface area (Å²) in [7, 11) is 0. The minimum atomic E-state index is 0.483. The van der Waals surface area contributed by atoms with Crippen molar-refractivity contribution in [3.05, 3.63) is 24.4 Å². The quantitative estimate of drug-likeness (QED) is 0.633. The Morgan fingerprint density at radius 1 is 1.39 bits per heavy atom. The first-order valence-electron chi connectivity index (χ1n) is 6.79. The summed E-state index contributed by atoms with van der Waals surface area (Å²) >= 11 is 0. The van der Waals surface area contributed by atoms with Crippen LogP contribution in [0.25, 0.3) is 0 Å². The van der Waals surface area contributed by atoms with E-state index in [2.05, 4.69) is 15.3 Å². The van der Waals surface area contributed by atoms with E-state index in [1.54, 1.807) is 6.20 Å². The Hall–Kier alpha value is -1.58. The lowest BCUT2D eigenvalue weighted by atomic mass is 9.89. The van der Waals surface area contributed by atoms with Gasteiger partial charge in [0.1, 0.15) is 5.82 Å². The molecule has 0 amide bonds. The molecule has 2 bridgehead atoms. The van der Waals surface area contributed by atoms with Crippen LogP contribution in [0.3, 0.4) is 0 Å². The van der Waals surface area contributed by atoms with Crippen LogP contribution in [0, 0.1) is 17.8 Å². The lowest BCUT2D eigenvalue weighted by Gasteiger charge is -2.19. The number of fused-ring (bicyclic) bond motifs is 2. The molecule has 3 unspecified atom stereocenters. The summed E-state index contributed by atoms with van der Waals surface area (Å²) < 4.78 is 0. The Morgan fingerprint density at radius 2 is 2.33 bits per heavy atom. The van der Waals surface area contributed by atoms with E-state index in [1.165, 1.54) is 25.7 Å². The van der Waals surface area contributed by atoms with Crippen molar-refractivity contribution in [3.63, 3.8) is 0 Å². The van der Waals surface area contributed by atoms with Gasteiger partial charge in [0.2, 0.25) is 0 Å². The zero-order chi connectivity index (χ0) is 12.4. The molecule has 1 heterocycles. The molecule has 3 atom stereocenters. The maximum atomic E-state index is 5.88. The molecular formula is C14H20N4. The van der Waals surface area contributed by atoms with Crippen LogP contribution in [0.2, 0.25) is 0 Å². The van der Waals surface area contributed by atoms with Crippen molar-refractivity contribution >= 4 is 11.8 Å². The summed E-state index contributed by atoms with van der Waals surface area (Å²) in [6, 6.07) is 5.70. The van der Waals surface area contributed by atoms with Crippen molar-refractivity contribution in [1.82, 2.24) is 4.98 Å². The Morgan fingerprint density at radius 3 is 3.00 bits per heavy atom. The Kier molecular flexibility index (Phi) is 3.17. The fourth-order valence-corrected chi connectivity index (χ4v) is 3.42. The molecule has 4 heteroatoms. The Balaban J connectivity index is 1.53. The number of nitrogens with one attached hydrogen (secondary N) is 1. The number of aliphatic imine (C=N–C) groups is 1. The van der Waals surface area contributed by atoms with Gasteiger partial charge in [-0.3, -0.25) is 4.99 Å². The zero-order valence-electron chi connectivity index (χ0n) is 10.5. The van der Waals surface area contributed by atoms with Gasteiger partial charge < -0.3 is 11.1 Å². The number of rotatable bonds is 3. The third-order valence-corrected chi connectivity index (χ3v) is 4.30. The van der Waals surface area contributed by atoms with E-state index in [-0.39, 0.29) is 0 Å². The van der Waals surface area contributed by atoms with Gasteiger partial charge in [-0.15, -0.1) is 0 Å². The van der Waals surface area contributed by atoms with Gasteiger partial charge in [-0.2, -0.15) is 0 Å². The molecule has 0 saturated heterocycles. The highest BCUT2D eigenvalue weighted by Gasteiger charge is 2.39. The third-order valence-electron chi connectivity index (χ3n) is 4.30. The lowest BCUT2D eigenvalue weighted by molar-refractivity contribution is 0.342. The molecule has 1 aromatic heterocycles. The highest BCUT2D eigenvalue weighted by molar-refractivity contribution is 5.91. The van der Waals surface area contributed by atoms with Gasteiger partial charge in [0.15, 0.2) is 5.96 Å². The molecule has 0 spiro atoms. The van der Waals surface area contributed by atoms with E-state index in [0.717, 1.165) is 30.1 Å². The van der Waals surface area contributed by atoms with E-state index < -0.39 is 0 Å². The monoisotopic (exact) mass is 244 g/mol. The maximum Gasteiger partial charge on any atom is 0.194 e. The van der Waals surface area contributed by atoms with E-state index >= 15 is 0 Å². The van der Waals surface area contributed by atoms with E-state index in [4.69, 9.17) is 5.73 Å². The summed E-state index contributed by atoms with van der Waals surface area (Å²) in [4.78, 5) is 8.63. The summed E-state index contributed by atoms with van der Waals surface area (Å²) in [5, 5.41) is 3.03. The van der Waals surface area contributed by atoms with Gasteiger partial charge in [-0.1, -0.05) is 12.5 Å². The standard InChI is InChI=1S/C14H20N4/c15-14(18-13-3-1-2-6-16-13)17-9-12-8-10-4-5-11(12)7-10/h1-3,6,10-12H,4-5,7-9H2,(H3,15,16,17,18). The molecule has 1 aromatic rings. The normalized spacial score (nSPS) is 30.7. The average Bonchev–Trinajstić information content (AvgIpc) is 3.00. The average molecular weight is 244 g/mol. The molecule has 3 rings (SSSR count). The van der Waals surface area contributed by atoms with Crippen LogP contribution in [-0.4, -0.2) is 17.5 Å². The fraction of sp³-hybridized carbons (Fsp3) is 0.571. The highest BCUT2D eigenvalue weighted by atomic mass is 15.1. The van der Waals surface area contributed by atoms with Crippen molar-refractivity contribution in [3.8, 4) is 0 Å². The predicted octanol–water partition coefficient (Wildman–Crippen LogP) is 2.24. The van der Waals surface area contributed by atoms with Crippen LogP contribution in [0.4, 0.5) is 5.82 Å². The van der Waals surface area contributed by atoms with Gasteiger partial charge in [-0.05, 0) is 49.1 Å². The van der Waals surface area contributed by atoms with Crippen LogP contribution in [0.1, 0.15) is 25.7 Å². The van der Waals surface area contributed by atoms with Gasteiger partial charge in [0, 0.05) is 12.7 Å². The smallest absolute Gasteiger partial charge is 0.194 e. The number of hydrogen-bond donors (Lipinski definition) is 2. The molecule has 2 fully saturated rings. The molecule has 4 nitrogen and oxygen atoms in total. The topological polar surface area (TPSA) is 63.3 Å². The van der Waals surface area contributed by atoms with Crippen LogP contribution in [-0.2, 0) is 0 Å². The van der Waals surface area contributed by atoms with Gasteiger partial charge in [-0.25, -0.2) is 4.98 Å². The highest BCUT2D eigenvalue weighted by Crippen LogP contribution is 2.48. The fourth-order valence-electron chi connectivity index (χ4n) is 3.42. The molecule has 0 aliphatic heterocycles. The molecule has 2 saturated carbocycles. The van der Waals surface area contributed by atoms with Crippen molar-refractivity contribution in [1.29, 1.82) is 0 Å². The number of nitrogens with two attached hydrogens (primary N) is 1. The van der Waals surface area contributed by atoms with Crippen LogP contribution >= 0.6 is 0 Å². The Labute approximate surface area is 108 Å². The number of anilines is 1. The predicted molar refractivity (Wildman–Crippen MR) is 73.3 cm³/mol. The van der Waals surface area contributed by atoms with Gasteiger partial charge in [0.25, 0.3) is 0 Å². The molecule has 3 N–H and O–H groups in total. The number of pyridine rings is 1. The SMILES string of the molecule is NC(=NCC1CC2CCC1C2)Nc1ccccn1.